The molecule has 0 saturated carbocycles. The number of hydrogen-bond acceptors (Lipinski definition) is 2. The third-order valence-electron chi connectivity index (χ3n) is 2.50. The second-order valence-corrected chi connectivity index (χ2v) is 4.06. The van der Waals surface area contributed by atoms with Crippen LogP contribution < -0.4 is 10.6 Å². The van der Waals surface area contributed by atoms with Crippen LogP contribution in [0.25, 0.3) is 0 Å². The second-order valence-electron chi connectivity index (χ2n) is 4.06. The number of nitrogens with one attached hydrogen (secondary N) is 2. The lowest BCUT2D eigenvalue weighted by molar-refractivity contribution is -0.122. The van der Waals surface area contributed by atoms with E-state index in [9.17, 15) is 4.79 Å². The van der Waals surface area contributed by atoms with E-state index in [1.807, 2.05) is 13.8 Å². The number of hydrogen-bond donors (Lipinski definition) is 2. The van der Waals surface area contributed by atoms with Crippen LogP contribution in [0.15, 0.2) is 0 Å². The van der Waals surface area contributed by atoms with E-state index in [0.29, 0.717) is 12.6 Å². The number of carbonyl (C=O) groups is 1. The van der Waals surface area contributed by atoms with Gasteiger partial charge in [-0.3, -0.25) is 4.79 Å². The average Bonchev–Trinajstić information content (AvgIpc) is 2.18. The summed E-state index contributed by atoms with van der Waals surface area (Å²) in [6.07, 6.45) is 4.63. The van der Waals surface area contributed by atoms with E-state index < -0.39 is 0 Å². The highest BCUT2D eigenvalue weighted by atomic mass is 16.2. The minimum atomic E-state index is -0.0759. The van der Waals surface area contributed by atoms with Gasteiger partial charge in [-0.1, -0.05) is 26.7 Å². The minimum Gasteiger partial charge on any atom is -0.355 e. The summed E-state index contributed by atoms with van der Waals surface area (Å²) in [6.45, 7) is 8.95. The molecule has 1 amide bonds. The zero-order valence-corrected chi connectivity index (χ0v) is 10.6. The van der Waals surface area contributed by atoms with Crippen molar-refractivity contribution >= 4 is 5.91 Å². The topological polar surface area (TPSA) is 41.1 Å². The minimum absolute atomic E-state index is 0.0759. The first-order valence-electron chi connectivity index (χ1n) is 6.19. The van der Waals surface area contributed by atoms with E-state index in [1.54, 1.807) is 0 Å². The molecule has 0 aromatic heterocycles. The summed E-state index contributed by atoms with van der Waals surface area (Å²) < 4.78 is 0. The quantitative estimate of drug-likeness (QED) is 0.649. The Morgan fingerprint density at radius 2 is 1.67 bits per heavy atom. The zero-order chi connectivity index (χ0) is 11.7. The van der Waals surface area contributed by atoms with Gasteiger partial charge in [-0.15, -0.1) is 0 Å². The van der Waals surface area contributed by atoms with Crippen LogP contribution in [0.1, 0.15) is 53.4 Å². The van der Waals surface area contributed by atoms with Crippen molar-refractivity contribution in [2.75, 3.05) is 6.54 Å². The van der Waals surface area contributed by atoms with Crippen LogP contribution in [0.3, 0.4) is 0 Å². The Balaban J connectivity index is 3.96. The van der Waals surface area contributed by atoms with Gasteiger partial charge in [-0.2, -0.15) is 0 Å². The van der Waals surface area contributed by atoms with Crippen LogP contribution in [0.2, 0.25) is 0 Å². The molecular weight excluding hydrogens is 188 g/mol. The first-order valence-corrected chi connectivity index (χ1v) is 6.19. The molecule has 1 unspecified atom stereocenters. The van der Waals surface area contributed by atoms with E-state index in [1.165, 1.54) is 12.8 Å². The molecule has 0 spiro atoms. The lowest BCUT2D eigenvalue weighted by Gasteiger charge is -2.22. The number of amides is 1. The molecule has 3 nitrogen and oxygen atoms in total. The largest absolute Gasteiger partial charge is 0.355 e. The molecule has 90 valence electrons. The second kappa shape index (κ2) is 8.72. The molecule has 0 fully saturated rings. The Kier molecular flexibility index (Phi) is 8.38. The summed E-state index contributed by atoms with van der Waals surface area (Å²) in [7, 11) is 0. The molecule has 1 atom stereocenters. The highest BCUT2D eigenvalue weighted by Crippen LogP contribution is 2.05. The molecule has 2 N–H and O–H groups in total. The van der Waals surface area contributed by atoms with Gasteiger partial charge in [-0.25, -0.2) is 0 Å². The summed E-state index contributed by atoms with van der Waals surface area (Å²) in [4.78, 5) is 11.5. The van der Waals surface area contributed by atoms with Gasteiger partial charge < -0.3 is 10.6 Å². The molecule has 0 bridgehead atoms. The highest BCUT2D eigenvalue weighted by molar-refractivity contribution is 5.81. The van der Waals surface area contributed by atoms with Crippen LogP contribution in [0, 0.1) is 0 Å². The molecule has 0 rings (SSSR count). The Hall–Kier alpha value is -0.570. The highest BCUT2D eigenvalue weighted by Gasteiger charge is 2.15. The van der Waals surface area contributed by atoms with Gasteiger partial charge in [0.1, 0.15) is 0 Å². The lowest BCUT2D eigenvalue weighted by atomic mass is 10.1. The number of rotatable bonds is 8. The van der Waals surface area contributed by atoms with Gasteiger partial charge in [0.15, 0.2) is 0 Å². The normalized spacial score (nSPS) is 12.9. The molecule has 0 heterocycles. The van der Waals surface area contributed by atoms with Crippen molar-refractivity contribution in [3.63, 3.8) is 0 Å². The molecule has 0 aliphatic rings. The molecule has 15 heavy (non-hydrogen) atoms. The lowest BCUT2D eigenvalue weighted by Crippen LogP contribution is -2.46. The third kappa shape index (κ3) is 6.50. The van der Waals surface area contributed by atoms with E-state index in [2.05, 4.69) is 24.5 Å². The number of likely N-dealkylation sites (N-methyl/N-ethyl adjacent to an activating group) is 1. The molecule has 3 heteroatoms. The first-order chi connectivity index (χ1) is 7.15. The van der Waals surface area contributed by atoms with Gasteiger partial charge in [-0.05, 0) is 26.7 Å². The summed E-state index contributed by atoms with van der Waals surface area (Å²) in [5, 5.41) is 6.22. The summed E-state index contributed by atoms with van der Waals surface area (Å²) in [5.74, 6) is 0.106. The van der Waals surface area contributed by atoms with Crippen molar-refractivity contribution < 1.29 is 4.79 Å². The Morgan fingerprint density at radius 1 is 1.13 bits per heavy atom. The predicted molar refractivity (Wildman–Crippen MR) is 64.9 cm³/mol. The fourth-order valence-electron chi connectivity index (χ4n) is 1.76. The summed E-state index contributed by atoms with van der Waals surface area (Å²) in [6, 6.07) is 0.408. The van der Waals surface area contributed by atoms with Crippen LogP contribution in [0.5, 0.6) is 0 Å². The fraction of sp³-hybridized carbons (Fsp3) is 0.917. The monoisotopic (exact) mass is 214 g/mol. The average molecular weight is 214 g/mol. The van der Waals surface area contributed by atoms with Crippen molar-refractivity contribution in [1.29, 1.82) is 0 Å². The predicted octanol–water partition coefficient (Wildman–Crippen LogP) is 2.07. The number of carbonyl (C=O) groups excluding carboxylic acids is 1. The Bertz CT molecular complexity index is 165. The van der Waals surface area contributed by atoms with Crippen LogP contribution in [0.4, 0.5) is 0 Å². The fourth-order valence-corrected chi connectivity index (χ4v) is 1.76. The Labute approximate surface area is 94.0 Å². The van der Waals surface area contributed by atoms with E-state index >= 15 is 0 Å². The maximum atomic E-state index is 11.5. The summed E-state index contributed by atoms with van der Waals surface area (Å²) in [5.41, 5.74) is 0. The van der Waals surface area contributed by atoms with Crippen molar-refractivity contribution in [2.24, 2.45) is 0 Å². The van der Waals surface area contributed by atoms with E-state index in [4.69, 9.17) is 0 Å². The van der Waals surface area contributed by atoms with Gasteiger partial charge >= 0.3 is 0 Å². The summed E-state index contributed by atoms with van der Waals surface area (Å²) >= 11 is 0. The molecule has 0 saturated heterocycles. The van der Waals surface area contributed by atoms with Crippen LogP contribution in [-0.2, 0) is 4.79 Å². The van der Waals surface area contributed by atoms with Gasteiger partial charge in [0.05, 0.1) is 6.04 Å². The van der Waals surface area contributed by atoms with Crippen molar-refractivity contribution in [1.82, 2.24) is 10.6 Å². The maximum Gasteiger partial charge on any atom is 0.236 e. The van der Waals surface area contributed by atoms with Gasteiger partial charge in [0.2, 0.25) is 5.91 Å². The van der Waals surface area contributed by atoms with E-state index in [-0.39, 0.29) is 11.9 Å². The van der Waals surface area contributed by atoms with Gasteiger partial charge in [0.25, 0.3) is 0 Å². The van der Waals surface area contributed by atoms with Crippen LogP contribution in [-0.4, -0.2) is 24.5 Å². The molecular formula is C12H26N2O. The van der Waals surface area contributed by atoms with Crippen LogP contribution >= 0.6 is 0 Å². The standard InChI is InChI=1S/C12H26N2O/c1-5-8-11(9-6-2)14-10(4)12(15)13-7-3/h10-11,14H,5-9H2,1-4H3,(H,13,15). The third-order valence-corrected chi connectivity index (χ3v) is 2.50. The van der Waals surface area contributed by atoms with Gasteiger partial charge in [0, 0.05) is 12.6 Å². The van der Waals surface area contributed by atoms with Crippen molar-refractivity contribution in [3.8, 4) is 0 Å². The molecule has 0 aromatic carbocycles. The van der Waals surface area contributed by atoms with E-state index in [0.717, 1.165) is 12.8 Å². The smallest absolute Gasteiger partial charge is 0.236 e. The van der Waals surface area contributed by atoms with Crippen molar-refractivity contribution in [3.05, 3.63) is 0 Å². The molecule has 0 aromatic rings. The molecule has 0 radical (unpaired) electrons. The molecule has 0 aliphatic heterocycles. The first kappa shape index (κ1) is 14.4. The zero-order valence-electron chi connectivity index (χ0n) is 10.6. The SMILES string of the molecule is CCCC(CCC)NC(C)C(=O)NCC. The molecule has 0 aliphatic carbocycles. The maximum absolute atomic E-state index is 11.5. The van der Waals surface area contributed by atoms with Crippen molar-refractivity contribution in [2.45, 2.75) is 65.5 Å². The Morgan fingerprint density at radius 3 is 2.07 bits per heavy atom.